The third-order valence-corrected chi connectivity index (χ3v) is 4.28. The van der Waals surface area contributed by atoms with Crippen LogP contribution in [-0.2, 0) is 46.8 Å². The maximum Gasteiger partial charge on any atom is 0.303 e. The molecule has 3 aromatic rings. The summed E-state index contributed by atoms with van der Waals surface area (Å²) in [5.74, 6) is 0. The summed E-state index contributed by atoms with van der Waals surface area (Å²) in [6.45, 7) is 2.15. The van der Waals surface area contributed by atoms with E-state index in [0.29, 0.717) is 0 Å². The summed E-state index contributed by atoms with van der Waals surface area (Å²) in [5.41, 5.74) is 6.86. The van der Waals surface area contributed by atoms with E-state index in [4.69, 9.17) is 0 Å². The smallest absolute Gasteiger partial charge is 0.303 e. The Balaban J connectivity index is 0.00000169. The molecular formula is C20H18N3Y-. The van der Waals surface area contributed by atoms with Gasteiger partial charge in [-0.15, -0.1) is 17.7 Å². The Morgan fingerprint density at radius 2 is 1.71 bits per heavy atom. The second-order valence-corrected chi connectivity index (χ2v) is 5.89. The van der Waals surface area contributed by atoms with E-state index in [-0.39, 0.29) is 32.7 Å². The van der Waals surface area contributed by atoms with Crippen LogP contribution in [0.5, 0.6) is 0 Å². The molecule has 4 heteroatoms. The van der Waals surface area contributed by atoms with Gasteiger partial charge in [0.15, 0.2) is 0 Å². The zero-order valence-electron chi connectivity index (χ0n) is 14.1. The van der Waals surface area contributed by atoms with Gasteiger partial charge in [0.1, 0.15) is 0 Å². The van der Waals surface area contributed by atoms with E-state index in [2.05, 4.69) is 83.7 Å². The molecule has 117 valence electrons. The monoisotopic (exact) mass is 389 g/mol. The summed E-state index contributed by atoms with van der Waals surface area (Å²) in [4.78, 5) is 0. The van der Waals surface area contributed by atoms with E-state index in [1.54, 1.807) is 0 Å². The van der Waals surface area contributed by atoms with E-state index < -0.39 is 0 Å². The van der Waals surface area contributed by atoms with Gasteiger partial charge in [0.05, 0.1) is 26.5 Å². The fourth-order valence-electron chi connectivity index (χ4n) is 3.19. The SMILES string of the molecule is Cc1cccc2c1[N+](=c1n(C)ccn1C)[C-]=C2c1[c-]cccc1.[Y]. The maximum absolute atomic E-state index is 3.57. The number of aryl methyl sites for hydroxylation is 3. The standard InChI is InChI=1S/C20H18N3.Y/c1-15-8-7-11-17-18(16-9-5-4-6-10-16)14-23(19(15)17)20-21(2)12-13-22(20)3;/h4-9,11-13H,1-3H3;/q-1;. The zero-order chi connectivity index (χ0) is 16.0. The van der Waals surface area contributed by atoms with Gasteiger partial charge in [0.2, 0.25) is 0 Å². The van der Waals surface area contributed by atoms with Crippen LogP contribution < -0.4 is 10.2 Å². The van der Waals surface area contributed by atoms with Crippen LogP contribution in [0, 0.1) is 19.2 Å². The first kappa shape index (κ1) is 17.1. The molecule has 0 spiro atoms. The van der Waals surface area contributed by atoms with E-state index in [9.17, 15) is 0 Å². The van der Waals surface area contributed by atoms with Gasteiger partial charge in [-0.05, 0) is 13.1 Å². The van der Waals surface area contributed by atoms with Crippen LogP contribution in [-0.4, -0.2) is 9.13 Å². The minimum atomic E-state index is 0. The Bertz CT molecular complexity index is 969. The molecule has 0 unspecified atom stereocenters. The molecule has 0 atom stereocenters. The number of hydrogen-bond acceptors (Lipinski definition) is 0. The van der Waals surface area contributed by atoms with Crippen molar-refractivity contribution in [1.82, 2.24) is 13.7 Å². The minimum absolute atomic E-state index is 0. The molecule has 4 rings (SSSR count). The van der Waals surface area contributed by atoms with Crippen molar-refractivity contribution in [2.75, 3.05) is 0 Å². The van der Waals surface area contributed by atoms with Gasteiger partial charge in [-0.2, -0.15) is 29.8 Å². The topological polar surface area (TPSA) is 12.9 Å². The van der Waals surface area contributed by atoms with Crippen LogP contribution in [0.1, 0.15) is 16.7 Å². The summed E-state index contributed by atoms with van der Waals surface area (Å²) in [6, 6.07) is 17.8. The average molecular weight is 389 g/mol. The normalized spacial score (nSPS) is 12.6. The number of imidazole rings is 1. The van der Waals surface area contributed by atoms with Crippen molar-refractivity contribution in [3.63, 3.8) is 0 Å². The number of benzene rings is 2. The summed E-state index contributed by atoms with van der Waals surface area (Å²) < 4.78 is 6.38. The van der Waals surface area contributed by atoms with Crippen molar-refractivity contribution in [3.8, 4) is 0 Å². The Morgan fingerprint density at radius 1 is 0.958 bits per heavy atom. The number of fused-ring (bicyclic) bond motifs is 1. The number of para-hydroxylation sites is 1. The fraction of sp³-hybridized carbons (Fsp3) is 0.150. The van der Waals surface area contributed by atoms with Crippen LogP contribution in [0.25, 0.3) is 5.57 Å². The molecule has 0 aliphatic carbocycles. The minimum Gasteiger partial charge on any atom is -0.313 e. The Hall–Kier alpha value is -1.71. The summed E-state index contributed by atoms with van der Waals surface area (Å²) in [7, 11) is 4.11. The van der Waals surface area contributed by atoms with Gasteiger partial charge >= 0.3 is 5.62 Å². The molecule has 1 aromatic heterocycles. The number of hydrogen-bond donors (Lipinski definition) is 0. The largest absolute Gasteiger partial charge is 0.313 e. The van der Waals surface area contributed by atoms with Gasteiger partial charge < -0.3 is 4.58 Å². The molecule has 3 nitrogen and oxygen atoms in total. The number of aromatic nitrogens is 2. The van der Waals surface area contributed by atoms with Crippen molar-refractivity contribution in [2.45, 2.75) is 6.92 Å². The predicted molar refractivity (Wildman–Crippen MR) is 91.5 cm³/mol. The second kappa shape index (κ2) is 6.66. The van der Waals surface area contributed by atoms with E-state index in [1.165, 1.54) is 16.8 Å². The van der Waals surface area contributed by atoms with Crippen LogP contribution >= 0.6 is 0 Å². The summed E-state index contributed by atoms with van der Waals surface area (Å²) >= 11 is 0. The molecule has 2 aromatic carbocycles. The summed E-state index contributed by atoms with van der Waals surface area (Å²) in [6.07, 6.45) is 7.69. The van der Waals surface area contributed by atoms with E-state index in [1.807, 2.05) is 18.2 Å². The quantitative estimate of drug-likeness (QED) is 0.449. The number of nitrogens with zero attached hydrogens (tertiary/aromatic N) is 3. The van der Waals surface area contributed by atoms with E-state index in [0.717, 1.165) is 16.8 Å². The maximum atomic E-state index is 3.57. The predicted octanol–water partition coefficient (Wildman–Crippen LogP) is 2.78. The van der Waals surface area contributed by atoms with Crippen molar-refractivity contribution in [1.29, 1.82) is 0 Å². The Morgan fingerprint density at radius 3 is 2.38 bits per heavy atom. The van der Waals surface area contributed by atoms with Crippen LogP contribution in [0.4, 0.5) is 5.69 Å². The molecule has 0 fully saturated rings. The van der Waals surface area contributed by atoms with Crippen LogP contribution in [0.3, 0.4) is 0 Å². The third kappa shape index (κ3) is 2.66. The molecule has 0 amide bonds. The van der Waals surface area contributed by atoms with Crippen LogP contribution in [0.15, 0.2) is 54.9 Å². The number of rotatable bonds is 1. The second-order valence-electron chi connectivity index (χ2n) is 5.89. The van der Waals surface area contributed by atoms with Crippen molar-refractivity contribution >= 4 is 11.3 Å². The molecule has 1 aliphatic rings. The van der Waals surface area contributed by atoms with E-state index >= 15 is 0 Å². The molecule has 0 saturated carbocycles. The van der Waals surface area contributed by atoms with Gasteiger partial charge in [0.25, 0.3) is 0 Å². The first-order valence-corrected chi connectivity index (χ1v) is 7.68. The third-order valence-electron chi connectivity index (χ3n) is 4.28. The average Bonchev–Trinajstić information content (AvgIpc) is 3.09. The molecule has 0 bridgehead atoms. The fourth-order valence-corrected chi connectivity index (χ4v) is 3.19. The first-order valence-electron chi connectivity index (χ1n) is 7.68. The molecule has 2 heterocycles. The summed E-state index contributed by atoms with van der Waals surface area (Å²) in [5, 5.41) is 0. The molecule has 0 N–H and O–H groups in total. The Labute approximate surface area is 167 Å². The Kier molecular flexibility index (Phi) is 4.75. The molecule has 1 radical (unpaired) electrons. The van der Waals surface area contributed by atoms with Gasteiger partial charge in [-0.3, -0.25) is 9.13 Å². The molecule has 0 saturated heterocycles. The van der Waals surface area contributed by atoms with Gasteiger partial charge in [0, 0.05) is 38.4 Å². The van der Waals surface area contributed by atoms with Crippen molar-refractivity contribution in [2.24, 2.45) is 14.1 Å². The van der Waals surface area contributed by atoms with Crippen molar-refractivity contribution < 1.29 is 32.7 Å². The first-order chi connectivity index (χ1) is 11.2. The molecular weight excluding hydrogens is 371 g/mol. The zero-order valence-corrected chi connectivity index (χ0v) is 17.0. The van der Waals surface area contributed by atoms with Crippen molar-refractivity contribution in [3.05, 3.63) is 89.4 Å². The molecule has 1 aliphatic heterocycles. The molecule has 24 heavy (non-hydrogen) atoms. The van der Waals surface area contributed by atoms with Gasteiger partial charge in [-0.1, -0.05) is 17.7 Å². The van der Waals surface area contributed by atoms with Crippen LogP contribution in [0.2, 0.25) is 0 Å². The van der Waals surface area contributed by atoms with Gasteiger partial charge in [-0.25, -0.2) is 5.56 Å².